The Hall–Kier alpha value is -1.11. The van der Waals surface area contributed by atoms with Crippen molar-refractivity contribution in [3.63, 3.8) is 0 Å². The lowest BCUT2D eigenvalue weighted by Gasteiger charge is -2.35. The summed E-state index contributed by atoms with van der Waals surface area (Å²) in [5.41, 5.74) is -0.0965. The summed E-state index contributed by atoms with van der Waals surface area (Å²) in [6, 6.07) is 4.06. The minimum Gasteiger partial charge on any atom is -0.337 e. The van der Waals surface area contributed by atoms with Gasteiger partial charge in [0.2, 0.25) is 10.0 Å². The zero-order chi connectivity index (χ0) is 15.7. The smallest absolute Gasteiger partial charge is 0.254 e. The average Bonchev–Trinajstić information content (AvgIpc) is 2.36. The number of primary sulfonamides is 1. The lowest BCUT2D eigenvalue weighted by molar-refractivity contribution is 0.0620. The van der Waals surface area contributed by atoms with Gasteiger partial charge in [-0.05, 0) is 38.5 Å². The summed E-state index contributed by atoms with van der Waals surface area (Å²) >= 11 is 5.80. The first-order valence-electron chi connectivity index (χ1n) is 6.11. The van der Waals surface area contributed by atoms with E-state index in [1.165, 1.54) is 18.2 Å². The molecule has 1 rings (SSSR count). The van der Waals surface area contributed by atoms with E-state index in [0.29, 0.717) is 0 Å². The van der Waals surface area contributed by atoms with E-state index < -0.39 is 10.0 Å². The highest BCUT2D eigenvalue weighted by molar-refractivity contribution is 7.89. The van der Waals surface area contributed by atoms with Gasteiger partial charge in [-0.2, -0.15) is 0 Å². The molecule has 7 heteroatoms. The first kappa shape index (κ1) is 16.9. The monoisotopic (exact) mass is 318 g/mol. The lowest BCUT2D eigenvalue weighted by atomic mass is 9.99. The number of rotatable bonds is 4. The average molecular weight is 319 g/mol. The SMILES string of the molecule is CCC(C)(C)N(C)C(=O)c1ccc(Cl)c(S(N)(=O)=O)c1. The molecule has 0 bridgehead atoms. The minimum atomic E-state index is -3.96. The third-order valence-electron chi connectivity index (χ3n) is 3.56. The van der Waals surface area contributed by atoms with E-state index in [1.807, 2.05) is 20.8 Å². The van der Waals surface area contributed by atoms with Crippen LogP contribution in [0.25, 0.3) is 0 Å². The molecule has 1 amide bonds. The first-order valence-corrected chi connectivity index (χ1v) is 8.03. The summed E-state index contributed by atoms with van der Waals surface area (Å²) in [6.45, 7) is 5.84. The van der Waals surface area contributed by atoms with Crippen LogP contribution >= 0.6 is 11.6 Å². The van der Waals surface area contributed by atoms with Gasteiger partial charge in [-0.25, -0.2) is 13.6 Å². The van der Waals surface area contributed by atoms with Gasteiger partial charge in [0.25, 0.3) is 5.91 Å². The van der Waals surface area contributed by atoms with Gasteiger partial charge in [-0.3, -0.25) is 4.79 Å². The molecular weight excluding hydrogens is 300 g/mol. The summed E-state index contributed by atoms with van der Waals surface area (Å²) < 4.78 is 22.8. The molecule has 0 heterocycles. The van der Waals surface area contributed by atoms with Crippen molar-refractivity contribution in [2.24, 2.45) is 5.14 Å². The zero-order valence-corrected chi connectivity index (χ0v) is 13.5. The van der Waals surface area contributed by atoms with Crippen LogP contribution in [0.15, 0.2) is 23.1 Å². The highest BCUT2D eigenvalue weighted by Crippen LogP contribution is 2.24. The molecule has 0 aliphatic rings. The van der Waals surface area contributed by atoms with Crippen molar-refractivity contribution in [2.45, 2.75) is 37.6 Å². The van der Waals surface area contributed by atoms with Crippen molar-refractivity contribution in [2.75, 3.05) is 7.05 Å². The van der Waals surface area contributed by atoms with Crippen LogP contribution in [0.3, 0.4) is 0 Å². The fraction of sp³-hybridized carbons (Fsp3) is 0.462. The molecule has 1 aromatic carbocycles. The van der Waals surface area contributed by atoms with Gasteiger partial charge in [0, 0.05) is 18.2 Å². The Morgan fingerprint density at radius 3 is 2.40 bits per heavy atom. The summed E-state index contributed by atoms with van der Waals surface area (Å²) in [6.07, 6.45) is 0.769. The molecule has 0 radical (unpaired) electrons. The second-order valence-corrected chi connectivity index (χ2v) is 7.16. The number of hydrogen-bond acceptors (Lipinski definition) is 3. The largest absolute Gasteiger partial charge is 0.337 e. The van der Waals surface area contributed by atoms with Gasteiger partial charge in [-0.1, -0.05) is 18.5 Å². The number of amides is 1. The van der Waals surface area contributed by atoms with Crippen molar-refractivity contribution in [3.8, 4) is 0 Å². The third-order valence-corrected chi connectivity index (χ3v) is 4.95. The standard InChI is InChI=1S/C13H19ClN2O3S/c1-5-13(2,3)16(4)12(17)9-6-7-10(14)11(8-9)20(15,18)19/h6-8H,5H2,1-4H3,(H2,15,18,19). The van der Waals surface area contributed by atoms with Crippen LogP contribution in [0.2, 0.25) is 5.02 Å². The third kappa shape index (κ3) is 3.50. The van der Waals surface area contributed by atoms with Crippen LogP contribution in [-0.4, -0.2) is 31.8 Å². The van der Waals surface area contributed by atoms with Gasteiger partial charge >= 0.3 is 0 Å². The second kappa shape index (κ2) is 5.71. The van der Waals surface area contributed by atoms with Crippen LogP contribution in [0.5, 0.6) is 0 Å². The number of hydrogen-bond donors (Lipinski definition) is 1. The zero-order valence-electron chi connectivity index (χ0n) is 12.0. The van der Waals surface area contributed by atoms with E-state index in [2.05, 4.69) is 0 Å². The molecular formula is C13H19ClN2O3S. The summed E-state index contributed by atoms with van der Waals surface area (Å²) in [4.78, 5) is 13.7. The van der Waals surface area contributed by atoms with E-state index in [9.17, 15) is 13.2 Å². The Morgan fingerprint density at radius 2 is 1.95 bits per heavy atom. The molecule has 0 fully saturated rings. The predicted molar refractivity (Wildman–Crippen MR) is 79.3 cm³/mol. The Bertz CT molecular complexity index is 627. The number of carbonyl (C=O) groups excluding carboxylic acids is 1. The number of benzene rings is 1. The Morgan fingerprint density at radius 1 is 1.40 bits per heavy atom. The summed E-state index contributed by atoms with van der Waals surface area (Å²) in [5.74, 6) is -0.279. The Balaban J connectivity index is 3.26. The maximum atomic E-state index is 12.4. The van der Waals surface area contributed by atoms with Gasteiger partial charge in [-0.15, -0.1) is 0 Å². The van der Waals surface area contributed by atoms with E-state index in [-0.39, 0.29) is 26.9 Å². The first-order chi connectivity index (χ1) is 9.00. The van der Waals surface area contributed by atoms with E-state index in [1.54, 1.807) is 11.9 Å². The fourth-order valence-electron chi connectivity index (χ4n) is 1.56. The Kier molecular flexibility index (Phi) is 4.84. The highest BCUT2D eigenvalue weighted by atomic mass is 35.5. The quantitative estimate of drug-likeness (QED) is 0.924. The second-order valence-electron chi connectivity index (χ2n) is 5.22. The molecule has 2 N–H and O–H groups in total. The molecule has 0 spiro atoms. The lowest BCUT2D eigenvalue weighted by Crippen LogP contribution is -2.44. The number of carbonyl (C=O) groups is 1. The molecule has 0 aliphatic heterocycles. The summed E-state index contributed by atoms with van der Waals surface area (Å²) in [5, 5.41) is 5.08. The van der Waals surface area contributed by atoms with Gasteiger partial charge in [0.1, 0.15) is 4.90 Å². The topological polar surface area (TPSA) is 80.5 Å². The van der Waals surface area contributed by atoms with Crippen molar-refractivity contribution in [3.05, 3.63) is 28.8 Å². The van der Waals surface area contributed by atoms with Crippen molar-refractivity contribution >= 4 is 27.5 Å². The molecule has 0 aliphatic carbocycles. The van der Waals surface area contributed by atoms with Crippen LogP contribution < -0.4 is 5.14 Å². The van der Waals surface area contributed by atoms with Crippen molar-refractivity contribution in [1.82, 2.24) is 4.90 Å². The van der Waals surface area contributed by atoms with Crippen LogP contribution in [0, 0.1) is 0 Å². The highest BCUT2D eigenvalue weighted by Gasteiger charge is 2.27. The summed E-state index contributed by atoms with van der Waals surface area (Å²) in [7, 11) is -2.28. The van der Waals surface area contributed by atoms with Crippen LogP contribution in [-0.2, 0) is 10.0 Å². The van der Waals surface area contributed by atoms with E-state index in [0.717, 1.165) is 6.42 Å². The molecule has 112 valence electrons. The van der Waals surface area contributed by atoms with Crippen molar-refractivity contribution in [1.29, 1.82) is 0 Å². The predicted octanol–water partition coefficient (Wildman–Crippen LogP) is 2.25. The fourth-order valence-corrected chi connectivity index (χ4v) is 2.63. The molecule has 1 aromatic rings. The molecule has 0 unspecified atom stereocenters. The molecule has 0 aromatic heterocycles. The number of halogens is 1. The van der Waals surface area contributed by atoms with Gasteiger partial charge in [0.05, 0.1) is 5.02 Å². The van der Waals surface area contributed by atoms with Crippen molar-refractivity contribution < 1.29 is 13.2 Å². The minimum absolute atomic E-state index is 0.00135. The van der Waals surface area contributed by atoms with E-state index in [4.69, 9.17) is 16.7 Å². The Labute approximate surface area is 124 Å². The number of sulfonamides is 1. The van der Waals surface area contributed by atoms with Gasteiger partial charge in [0.15, 0.2) is 0 Å². The molecule has 5 nitrogen and oxygen atoms in total. The van der Waals surface area contributed by atoms with Gasteiger partial charge < -0.3 is 4.90 Å². The number of nitrogens with zero attached hydrogens (tertiary/aromatic N) is 1. The van der Waals surface area contributed by atoms with Crippen LogP contribution in [0.4, 0.5) is 0 Å². The molecule has 20 heavy (non-hydrogen) atoms. The maximum absolute atomic E-state index is 12.4. The van der Waals surface area contributed by atoms with E-state index >= 15 is 0 Å². The molecule has 0 saturated carbocycles. The maximum Gasteiger partial charge on any atom is 0.254 e. The number of nitrogens with two attached hydrogens (primary N) is 1. The molecule has 0 saturated heterocycles. The van der Waals surface area contributed by atoms with Crippen LogP contribution in [0.1, 0.15) is 37.6 Å². The normalized spacial score (nSPS) is 12.3. The molecule has 0 atom stereocenters.